The molecule has 0 aliphatic heterocycles. The van der Waals surface area contributed by atoms with Gasteiger partial charge in [0.15, 0.2) is 0 Å². The molecule has 8 heteroatoms. The van der Waals surface area contributed by atoms with Crippen LogP contribution >= 0.6 is 11.3 Å². The zero-order valence-electron chi connectivity index (χ0n) is 13.4. The molecule has 2 heterocycles. The molecular weight excluding hydrogens is 338 g/mol. The maximum absolute atomic E-state index is 12.9. The Kier molecular flexibility index (Phi) is 4.98. The Morgan fingerprint density at radius 1 is 1.39 bits per heavy atom. The molecule has 126 valence electrons. The molecule has 0 aliphatic rings. The van der Waals surface area contributed by atoms with Crippen LogP contribution < -0.4 is 0 Å². The minimum Gasteiger partial charge on any atom is -0.478 e. The molecule has 2 aromatic rings. The summed E-state index contributed by atoms with van der Waals surface area (Å²) in [7, 11) is -2.50. The number of thiophene rings is 1. The standard InChI is InChI=1S/C15H19NO5S2/c1-9(8-12-6-5-7-22-12)16(4)23(19,20)14-11(3)21-10(2)13(14)15(17)18/h5-7,9H,8H2,1-4H3,(H,17,18). The number of nitrogens with zero attached hydrogens (tertiary/aromatic N) is 1. The van der Waals surface area contributed by atoms with Crippen molar-refractivity contribution in [2.45, 2.75) is 38.1 Å². The molecule has 0 aromatic carbocycles. The van der Waals surface area contributed by atoms with E-state index >= 15 is 0 Å². The zero-order valence-corrected chi connectivity index (χ0v) is 15.0. The van der Waals surface area contributed by atoms with Gasteiger partial charge in [0.05, 0.1) is 0 Å². The predicted molar refractivity (Wildman–Crippen MR) is 87.6 cm³/mol. The summed E-state index contributed by atoms with van der Waals surface area (Å²) in [5.41, 5.74) is -0.294. The molecule has 0 radical (unpaired) electrons. The molecule has 2 aromatic heterocycles. The van der Waals surface area contributed by atoms with Crippen LogP contribution in [0.25, 0.3) is 0 Å². The summed E-state index contributed by atoms with van der Waals surface area (Å²) in [5, 5.41) is 11.2. The monoisotopic (exact) mass is 357 g/mol. The van der Waals surface area contributed by atoms with E-state index in [0.29, 0.717) is 6.42 Å². The number of aryl methyl sites for hydroxylation is 2. The van der Waals surface area contributed by atoms with Crippen LogP contribution in [0.3, 0.4) is 0 Å². The van der Waals surface area contributed by atoms with Crippen molar-refractivity contribution in [2.75, 3.05) is 7.05 Å². The molecule has 0 fully saturated rings. The second-order valence-corrected chi connectivity index (χ2v) is 8.34. The minimum absolute atomic E-state index is 0.0906. The van der Waals surface area contributed by atoms with Crippen molar-refractivity contribution in [1.29, 1.82) is 0 Å². The van der Waals surface area contributed by atoms with E-state index in [2.05, 4.69) is 0 Å². The SMILES string of the molecule is Cc1oc(C)c(S(=O)(=O)N(C)C(C)Cc2cccs2)c1C(=O)O. The van der Waals surface area contributed by atoms with Gasteiger partial charge in [-0.05, 0) is 38.6 Å². The molecule has 0 aliphatic carbocycles. The molecule has 23 heavy (non-hydrogen) atoms. The van der Waals surface area contributed by atoms with Gasteiger partial charge < -0.3 is 9.52 Å². The van der Waals surface area contributed by atoms with Gasteiger partial charge in [-0.25, -0.2) is 13.2 Å². The van der Waals surface area contributed by atoms with E-state index in [1.807, 2.05) is 17.5 Å². The zero-order chi connectivity index (χ0) is 17.4. The lowest BCUT2D eigenvalue weighted by Crippen LogP contribution is -2.37. The molecule has 2 rings (SSSR count). The number of hydrogen-bond acceptors (Lipinski definition) is 5. The van der Waals surface area contributed by atoms with E-state index in [9.17, 15) is 18.3 Å². The van der Waals surface area contributed by atoms with Crippen molar-refractivity contribution in [3.63, 3.8) is 0 Å². The van der Waals surface area contributed by atoms with Crippen LogP contribution in [0.4, 0.5) is 0 Å². The molecule has 0 bridgehead atoms. The Morgan fingerprint density at radius 3 is 2.57 bits per heavy atom. The Bertz CT molecular complexity index is 805. The van der Waals surface area contributed by atoms with Gasteiger partial charge in [0, 0.05) is 18.0 Å². The first-order valence-electron chi connectivity index (χ1n) is 7.00. The third kappa shape index (κ3) is 3.34. The van der Waals surface area contributed by atoms with Crippen LogP contribution in [-0.4, -0.2) is 36.9 Å². The first-order valence-corrected chi connectivity index (χ1v) is 9.32. The Balaban J connectivity index is 2.40. The fraction of sp³-hybridized carbons (Fsp3) is 0.400. The molecule has 1 atom stereocenters. The summed E-state index contributed by atoms with van der Waals surface area (Å²) >= 11 is 1.56. The molecule has 1 unspecified atom stereocenters. The Morgan fingerprint density at radius 2 is 2.04 bits per heavy atom. The van der Waals surface area contributed by atoms with Gasteiger partial charge in [-0.15, -0.1) is 11.3 Å². The number of carbonyl (C=O) groups is 1. The minimum atomic E-state index is -3.96. The van der Waals surface area contributed by atoms with Gasteiger partial charge >= 0.3 is 5.97 Å². The van der Waals surface area contributed by atoms with E-state index in [-0.39, 0.29) is 28.0 Å². The highest BCUT2D eigenvalue weighted by Gasteiger charge is 2.35. The molecule has 1 N–H and O–H groups in total. The summed E-state index contributed by atoms with van der Waals surface area (Å²) in [6, 6.07) is 3.54. The van der Waals surface area contributed by atoms with Gasteiger partial charge in [-0.1, -0.05) is 6.07 Å². The van der Waals surface area contributed by atoms with Crippen molar-refractivity contribution < 1.29 is 22.7 Å². The van der Waals surface area contributed by atoms with E-state index < -0.39 is 16.0 Å². The molecule has 0 spiro atoms. The van der Waals surface area contributed by atoms with Crippen LogP contribution in [0, 0.1) is 13.8 Å². The molecule has 0 saturated carbocycles. The maximum atomic E-state index is 12.9. The molecule has 0 amide bonds. The van der Waals surface area contributed by atoms with Crippen molar-refractivity contribution >= 4 is 27.3 Å². The smallest absolute Gasteiger partial charge is 0.340 e. The van der Waals surface area contributed by atoms with Gasteiger partial charge in [-0.2, -0.15) is 4.31 Å². The van der Waals surface area contributed by atoms with E-state index in [1.54, 1.807) is 18.3 Å². The average Bonchev–Trinajstić information content (AvgIpc) is 3.05. The van der Waals surface area contributed by atoms with Crippen LogP contribution in [0.5, 0.6) is 0 Å². The molecule has 6 nitrogen and oxygen atoms in total. The third-order valence-corrected chi connectivity index (χ3v) is 6.78. The van der Waals surface area contributed by atoms with Crippen LogP contribution in [0.1, 0.15) is 33.7 Å². The van der Waals surface area contributed by atoms with Crippen LogP contribution in [-0.2, 0) is 16.4 Å². The number of carboxylic acids is 1. The second kappa shape index (κ2) is 6.46. The van der Waals surface area contributed by atoms with Gasteiger partial charge in [0.1, 0.15) is 22.0 Å². The number of likely N-dealkylation sites (N-methyl/N-ethyl adjacent to an activating group) is 1. The normalized spacial score (nSPS) is 13.4. The average molecular weight is 357 g/mol. The predicted octanol–water partition coefficient (Wildman–Crippen LogP) is 2.91. The number of rotatable bonds is 6. The Hall–Kier alpha value is -1.64. The third-order valence-electron chi connectivity index (χ3n) is 3.75. The number of sulfonamides is 1. The molecule has 0 saturated heterocycles. The van der Waals surface area contributed by atoms with Crippen molar-refractivity contribution in [2.24, 2.45) is 0 Å². The lowest BCUT2D eigenvalue weighted by atomic mass is 10.2. The largest absolute Gasteiger partial charge is 0.478 e. The first kappa shape index (κ1) is 17.7. The van der Waals surface area contributed by atoms with Gasteiger partial charge in [0.2, 0.25) is 10.0 Å². The highest BCUT2D eigenvalue weighted by molar-refractivity contribution is 7.89. The lowest BCUT2D eigenvalue weighted by molar-refractivity contribution is 0.0691. The van der Waals surface area contributed by atoms with Crippen LogP contribution in [0.15, 0.2) is 26.8 Å². The van der Waals surface area contributed by atoms with Crippen molar-refractivity contribution in [3.05, 3.63) is 39.5 Å². The summed E-state index contributed by atoms with van der Waals surface area (Å²) in [4.78, 5) is 12.2. The second-order valence-electron chi connectivity index (χ2n) is 5.38. The number of aromatic carboxylic acids is 1. The fourth-order valence-electron chi connectivity index (χ4n) is 2.45. The van der Waals surface area contributed by atoms with E-state index in [0.717, 1.165) is 4.88 Å². The van der Waals surface area contributed by atoms with Crippen molar-refractivity contribution in [3.8, 4) is 0 Å². The fourth-order valence-corrected chi connectivity index (χ4v) is 5.01. The summed E-state index contributed by atoms with van der Waals surface area (Å²) < 4.78 is 32.2. The number of hydrogen-bond donors (Lipinski definition) is 1. The van der Waals surface area contributed by atoms with Gasteiger partial charge in [-0.3, -0.25) is 0 Å². The highest BCUT2D eigenvalue weighted by Crippen LogP contribution is 2.30. The summed E-state index contributed by atoms with van der Waals surface area (Å²) in [6.07, 6.45) is 0.561. The maximum Gasteiger partial charge on any atom is 0.340 e. The Labute approximate surface area is 139 Å². The van der Waals surface area contributed by atoms with Crippen molar-refractivity contribution in [1.82, 2.24) is 4.31 Å². The van der Waals surface area contributed by atoms with E-state index in [1.165, 1.54) is 25.2 Å². The highest BCUT2D eigenvalue weighted by atomic mass is 32.2. The van der Waals surface area contributed by atoms with Crippen LogP contribution in [0.2, 0.25) is 0 Å². The lowest BCUT2D eigenvalue weighted by Gasteiger charge is -2.24. The molecular formula is C15H19NO5S2. The number of furan rings is 1. The topological polar surface area (TPSA) is 87.8 Å². The van der Waals surface area contributed by atoms with Gasteiger partial charge in [0.25, 0.3) is 0 Å². The first-order chi connectivity index (χ1) is 10.7. The van der Waals surface area contributed by atoms with E-state index in [4.69, 9.17) is 4.42 Å². The summed E-state index contributed by atoms with van der Waals surface area (Å²) in [5.74, 6) is -1.12. The summed E-state index contributed by atoms with van der Waals surface area (Å²) in [6.45, 7) is 4.70. The number of carboxylic acid groups (broad SMARTS) is 1. The quantitative estimate of drug-likeness (QED) is 0.859.